The standard InChI is InChI=1S/C42H31BrN2.CH4/c1-28-23-30(41-15-7-9-21-44-41)17-19-35(28)39-13-5-3-11-37(39)32-25-33(27-34(43)26-32)38-12-4-6-14-40(38)36-20-18-31(24-29(36)2)42-16-8-10-22-45-42;/h3-27H,1-2H3;1H4. The molecule has 7 rings (SSSR count). The Balaban J connectivity index is 0.00000372. The number of aryl methyl sites for hydroxylation is 2. The maximum Gasteiger partial charge on any atom is 0.0702 e. The van der Waals surface area contributed by atoms with Gasteiger partial charge in [0.25, 0.3) is 0 Å². The molecule has 7 aromatic rings. The minimum absolute atomic E-state index is 0. The molecule has 0 aliphatic rings. The number of nitrogens with zero attached hydrogens (tertiary/aromatic N) is 2. The molecule has 0 aliphatic carbocycles. The first-order valence-corrected chi connectivity index (χ1v) is 15.9. The van der Waals surface area contributed by atoms with Crippen LogP contribution >= 0.6 is 15.9 Å². The third-order valence-electron chi connectivity index (χ3n) is 8.33. The van der Waals surface area contributed by atoms with E-state index in [1.54, 1.807) is 0 Å². The average Bonchev–Trinajstić information content (AvgIpc) is 3.09. The molecule has 0 amide bonds. The summed E-state index contributed by atoms with van der Waals surface area (Å²) in [5.74, 6) is 0. The number of aromatic nitrogens is 2. The molecule has 0 unspecified atom stereocenters. The summed E-state index contributed by atoms with van der Waals surface area (Å²) in [4.78, 5) is 9.10. The van der Waals surface area contributed by atoms with Crippen molar-refractivity contribution >= 4 is 15.9 Å². The van der Waals surface area contributed by atoms with E-state index in [2.05, 4.69) is 155 Å². The van der Waals surface area contributed by atoms with E-state index >= 15 is 0 Å². The maximum absolute atomic E-state index is 4.55. The van der Waals surface area contributed by atoms with Crippen LogP contribution in [0.1, 0.15) is 18.6 Å². The van der Waals surface area contributed by atoms with Crippen LogP contribution in [0.3, 0.4) is 0 Å². The molecular weight excluding hydrogens is 624 g/mol. The van der Waals surface area contributed by atoms with Gasteiger partial charge in [-0.05, 0) is 124 Å². The van der Waals surface area contributed by atoms with Crippen LogP contribution in [0.15, 0.2) is 156 Å². The van der Waals surface area contributed by atoms with Crippen LogP contribution in [0.2, 0.25) is 0 Å². The Morgan fingerprint density at radius 2 is 0.804 bits per heavy atom. The number of pyridine rings is 2. The van der Waals surface area contributed by atoms with Crippen LogP contribution in [-0.2, 0) is 0 Å². The van der Waals surface area contributed by atoms with E-state index in [4.69, 9.17) is 0 Å². The zero-order valence-electron chi connectivity index (χ0n) is 25.2. The number of hydrogen-bond acceptors (Lipinski definition) is 2. The van der Waals surface area contributed by atoms with Crippen molar-refractivity contribution in [1.82, 2.24) is 9.97 Å². The zero-order valence-corrected chi connectivity index (χ0v) is 26.8. The molecule has 0 aliphatic heterocycles. The quantitative estimate of drug-likeness (QED) is 0.178. The van der Waals surface area contributed by atoms with E-state index in [-0.39, 0.29) is 7.43 Å². The van der Waals surface area contributed by atoms with Crippen molar-refractivity contribution in [3.63, 3.8) is 0 Å². The molecule has 0 spiro atoms. The molecule has 0 saturated heterocycles. The van der Waals surface area contributed by atoms with Gasteiger partial charge in [-0.1, -0.05) is 108 Å². The van der Waals surface area contributed by atoms with Crippen LogP contribution in [0, 0.1) is 13.8 Å². The highest BCUT2D eigenvalue weighted by molar-refractivity contribution is 9.10. The minimum Gasteiger partial charge on any atom is -0.256 e. The zero-order chi connectivity index (χ0) is 30.8. The summed E-state index contributed by atoms with van der Waals surface area (Å²) in [5, 5.41) is 0. The van der Waals surface area contributed by atoms with Crippen molar-refractivity contribution in [3.05, 3.63) is 168 Å². The maximum atomic E-state index is 4.55. The lowest BCUT2D eigenvalue weighted by atomic mass is 9.88. The molecule has 0 atom stereocenters. The van der Waals surface area contributed by atoms with Crippen molar-refractivity contribution in [1.29, 1.82) is 0 Å². The highest BCUT2D eigenvalue weighted by Crippen LogP contribution is 2.41. The lowest BCUT2D eigenvalue weighted by molar-refractivity contribution is 1.32. The number of halogens is 1. The fourth-order valence-corrected chi connectivity index (χ4v) is 6.65. The highest BCUT2D eigenvalue weighted by Gasteiger charge is 2.15. The third-order valence-corrected chi connectivity index (χ3v) is 8.79. The van der Waals surface area contributed by atoms with Crippen LogP contribution in [0.25, 0.3) is 67.0 Å². The minimum atomic E-state index is 0. The van der Waals surface area contributed by atoms with Gasteiger partial charge in [0.05, 0.1) is 11.4 Å². The van der Waals surface area contributed by atoms with Crippen LogP contribution in [0.5, 0.6) is 0 Å². The molecule has 5 aromatic carbocycles. The molecule has 2 aromatic heterocycles. The molecule has 224 valence electrons. The largest absolute Gasteiger partial charge is 0.256 e. The van der Waals surface area contributed by atoms with E-state index < -0.39 is 0 Å². The van der Waals surface area contributed by atoms with Gasteiger partial charge >= 0.3 is 0 Å². The van der Waals surface area contributed by atoms with Gasteiger partial charge in [-0.15, -0.1) is 0 Å². The van der Waals surface area contributed by atoms with E-state index in [0.717, 1.165) is 27.0 Å². The lowest BCUT2D eigenvalue weighted by Crippen LogP contribution is -1.92. The SMILES string of the molecule is C.Cc1cc(-c2ccccn2)ccc1-c1ccccc1-c1cc(Br)cc(-c2ccccc2-c2ccc(-c3ccccn3)cc2C)c1. The van der Waals surface area contributed by atoms with Crippen LogP contribution < -0.4 is 0 Å². The smallest absolute Gasteiger partial charge is 0.0702 e. The molecule has 46 heavy (non-hydrogen) atoms. The summed E-state index contributed by atoms with van der Waals surface area (Å²) in [5.41, 5.74) is 16.2. The predicted molar refractivity (Wildman–Crippen MR) is 199 cm³/mol. The van der Waals surface area contributed by atoms with E-state index in [1.807, 2.05) is 36.7 Å². The summed E-state index contributed by atoms with van der Waals surface area (Å²) in [6, 6.07) is 49.5. The highest BCUT2D eigenvalue weighted by atomic mass is 79.9. The second-order valence-corrected chi connectivity index (χ2v) is 12.2. The van der Waals surface area contributed by atoms with Crippen LogP contribution in [-0.4, -0.2) is 9.97 Å². The van der Waals surface area contributed by atoms with Crippen molar-refractivity contribution in [2.75, 3.05) is 0 Å². The summed E-state index contributed by atoms with van der Waals surface area (Å²) < 4.78 is 1.05. The van der Waals surface area contributed by atoms with E-state index in [0.29, 0.717) is 0 Å². The summed E-state index contributed by atoms with van der Waals surface area (Å²) in [6.07, 6.45) is 3.69. The molecule has 0 fully saturated rings. The van der Waals surface area contributed by atoms with E-state index in [9.17, 15) is 0 Å². The van der Waals surface area contributed by atoms with Gasteiger partial charge in [0, 0.05) is 28.0 Å². The predicted octanol–water partition coefficient (Wildman–Crippen LogP) is 12.5. The Labute approximate surface area is 280 Å². The number of benzene rings is 5. The van der Waals surface area contributed by atoms with Gasteiger partial charge in [-0.3, -0.25) is 9.97 Å². The molecule has 3 heteroatoms. The summed E-state index contributed by atoms with van der Waals surface area (Å²) >= 11 is 3.86. The summed E-state index contributed by atoms with van der Waals surface area (Å²) in [7, 11) is 0. The molecule has 0 bridgehead atoms. The second-order valence-electron chi connectivity index (χ2n) is 11.3. The first-order valence-electron chi connectivity index (χ1n) is 15.1. The first kappa shape index (κ1) is 30.9. The van der Waals surface area contributed by atoms with Gasteiger partial charge in [0.15, 0.2) is 0 Å². The molecule has 0 radical (unpaired) electrons. The molecule has 2 heterocycles. The Morgan fingerprint density at radius 1 is 0.391 bits per heavy atom. The molecule has 0 N–H and O–H groups in total. The van der Waals surface area contributed by atoms with Crippen molar-refractivity contribution < 1.29 is 0 Å². The van der Waals surface area contributed by atoms with Crippen molar-refractivity contribution in [2.24, 2.45) is 0 Å². The van der Waals surface area contributed by atoms with Gasteiger partial charge in [0.1, 0.15) is 0 Å². The number of hydrogen-bond donors (Lipinski definition) is 0. The monoisotopic (exact) mass is 658 g/mol. The Morgan fingerprint density at radius 3 is 1.20 bits per heavy atom. The molecule has 2 nitrogen and oxygen atoms in total. The first-order chi connectivity index (χ1) is 22.0. The van der Waals surface area contributed by atoms with Gasteiger partial charge < -0.3 is 0 Å². The molecule has 0 saturated carbocycles. The van der Waals surface area contributed by atoms with Crippen LogP contribution in [0.4, 0.5) is 0 Å². The fraction of sp³-hybridized carbons (Fsp3) is 0.0698. The topological polar surface area (TPSA) is 25.8 Å². The third kappa shape index (κ3) is 6.20. The fourth-order valence-electron chi connectivity index (χ4n) is 6.16. The molecular formula is C43H35BrN2. The van der Waals surface area contributed by atoms with Gasteiger partial charge in [-0.25, -0.2) is 0 Å². The number of rotatable bonds is 6. The van der Waals surface area contributed by atoms with Crippen molar-refractivity contribution in [2.45, 2.75) is 21.3 Å². The van der Waals surface area contributed by atoms with Gasteiger partial charge in [0.2, 0.25) is 0 Å². The lowest BCUT2D eigenvalue weighted by Gasteiger charge is -2.17. The van der Waals surface area contributed by atoms with Gasteiger partial charge in [-0.2, -0.15) is 0 Å². The Bertz CT molecular complexity index is 1980. The average molecular weight is 660 g/mol. The summed E-state index contributed by atoms with van der Waals surface area (Å²) in [6.45, 7) is 4.37. The van der Waals surface area contributed by atoms with Crippen molar-refractivity contribution in [3.8, 4) is 67.0 Å². The Kier molecular flexibility index (Phi) is 9.05. The second kappa shape index (κ2) is 13.5. The normalized spacial score (nSPS) is 10.8. The van der Waals surface area contributed by atoms with E-state index in [1.165, 1.54) is 55.6 Å². The Hall–Kier alpha value is -5.12.